The average molecular weight is 339 g/mol. The molecule has 1 aliphatic heterocycles. The van der Waals surface area contributed by atoms with E-state index in [1.807, 2.05) is 37.2 Å². The molecule has 6 heteroatoms. The Bertz CT molecular complexity index is 721. The van der Waals surface area contributed by atoms with Gasteiger partial charge in [-0.25, -0.2) is 0 Å². The van der Waals surface area contributed by atoms with Gasteiger partial charge in [0.2, 0.25) is 0 Å². The van der Waals surface area contributed by atoms with Crippen molar-refractivity contribution in [2.75, 3.05) is 57.5 Å². The van der Waals surface area contributed by atoms with E-state index in [1.54, 1.807) is 12.4 Å². The number of piperazine rings is 1. The van der Waals surface area contributed by atoms with Gasteiger partial charge in [-0.3, -0.25) is 9.78 Å². The summed E-state index contributed by atoms with van der Waals surface area (Å²) in [5.74, 6) is 0.0483. The van der Waals surface area contributed by atoms with Crippen LogP contribution >= 0.6 is 0 Å². The molecule has 0 radical (unpaired) electrons. The predicted octanol–water partition coefficient (Wildman–Crippen LogP) is 2.28. The minimum absolute atomic E-state index is 0.0483. The summed E-state index contributed by atoms with van der Waals surface area (Å²) in [6.45, 7) is 3.35. The van der Waals surface area contributed by atoms with Crippen LogP contribution in [0.5, 0.6) is 0 Å². The first-order valence-electron chi connectivity index (χ1n) is 8.50. The lowest BCUT2D eigenvalue weighted by Crippen LogP contribution is -2.47. The molecule has 2 heterocycles. The van der Waals surface area contributed by atoms with Crippen LogP contribution in [-0.4, -0.2) is 68.0 Å². The summed E-state index contributed by atoms with van der Waals surface area (Å²) in [6, 6.07) is 10.0. The summed E-state index contributed by atoms with van der Waals surface area (Å²) in [6.07, 6.45) is 3.38. The van der Waals surface area contributed by atoms with E-state index in [2.05, 4.69) is 39.3 Å². The summed E-state index contributed by atoms with van der Waals surface area (Å²) in [7, 11) is 6.11. The van der Waals surface area contributed by atoms with E-state index < -0.39 is 0 Å². The number of nitrogens with zero attached hydrogens (tertiary/aromatic N) is 4. The molecule has 1 aliphatic rings. The molecule has 6 nitrogen and oxygen atoms in total. The largest absolute Gasteiger partial charge is 0.378 e. The van der Waals surface area contributed by atoms with Gasteiger partial charge in [-0.05, 0) is 37.4 Å². The molecule has 25 heavy (non-hydrogen) atoms. The SMILES string of the molecule is CN1CCN(C(=O)c2cncc(Nc3ccc(N(C)C)cc3)c2)CC1. The molecule has 2 aromatic rings. The molecule has 0 atom stereocenters. The van der Waals surface area contributed by atoms with E-state index in [-0.39, 0.29) is 5.91 Å². The first-order valence-corrected chi connectivity index (χ1v) is 8.50. The number of amides is 1. The van der Waals surface area contributed by atoms with E-state index in [0.29, 0.717) is 5.56 Å². The summed E-state index contributed by atoms with van der Waals surface area (Å²) < 4.78 is 0. The van der Waals surface area contributed by atoms with Crippen LogP contribution in [0.25, 0.3) is 0 Å². The quantitative estimate of drug-likeness (QED) is 0.926. The van der Waals surface area contributed by atoms with Crippen molar-refractivity contribution in [2.45, 2.75) is 0 Å². The minimum atomic E-state index is 0.0483. The van der Waals surface area contributed by atoms with Crippen molar-refractivity contribution in [3.8, 4) is 0 Å². The third-order valence-electron chi connectivity index (χ3n) is 4.45. The molecule has 0 spiro atoms. The first-order chi connectivity index (χ1) is 12.0. The molecule has 1 aromatic carbocycles. The van der Waals surface area contributed by atoms with Crippen molar-refractivity contribution in [1.82, 2.24) is 14.8 Å². The lowest BCUT2D eigenvalue weighted by atomic mass is 10.2. The van der Waals surface area contributed by atoms with Crippen LogP contribution in [0.4, 0.5) is 17.1 Å². The predicted molar refractivity (Wildman–Crippen MR) is 102 cm³/mol. The third-order valence-corrected chi connectivity index (χ3v) is 4.45. The Morgan fingerprint density at radius 3 is 2.36 bits per heavy atom. The molecular formula is C19H25N5O. The second kappa shape index (κ2) is 7.53. The van der Waals surface area contributed by atoms with E-state index >= 15 is 0 Å². The highest BCUT2D eigenvalue weighted by Gasteiger charge is 2.20. The fraction of sp³-hybridized carbons (Fsp3) is 0.368. The van der Waals surface area contributed by atoms with Gasteiger partial charge in [0.25, 0.3) is 5.91 Å². The van der Waals surface area contributed by atoms with Gasteiger partial charge in [-0.15, -0.1) is 0 Å². The molecule has 1 aromatic heterocycles. The molecule has 3 rings (SSSR count). The van der Waals surface area contributed by atoms with Gasteiger partial charge >= 0.3 is 0 Å². The van der Waals surface area contributed by atoms with Crippen LogP contribution in [-0.2, 0) is 0 Å². The van der Waals surface area contributed by atoms with E-state index in [0.717, 1.165) is 43.2 Å². The number of carbonyl (C=O) groups excluding carboxylic acids is 1. The molecule has 0 aliphatic carbocycles. The van der Waals surface area contributed by atoms with Gasteiger partial charge in [-0.1, -0.05) is 0 Å². The van der Waals surface area contributed by atoms with Crippen molar-refractivity contribution < 1.29 is 4.79 Å². The third kappa shape index (κ3) is 4.28. The Morgan fingerprint density at radius 2 is 1.72 bits per heavy atom. The zero-order valence-corrected chi connectivity index (χ0v) is 15.1. The number of anilines is 3. The Morgan fingerprint density at radius 1 is 1.04 bits per heavy atom. The Kier molecular flexibility index (Phi) is 5.19. The lowest BCUT2D eigenvalue weighted by molar-refractivity contribution is 0.0663. The Hall–Kier alpha value is -2.60. The Labute approximate surface area is 149 Å². The highest BCUT2D eigenvalue weighted by atomic mass is 16.2. The number of hydrogen-bond donors (Lipinski definition) is 1. The second-order valence-electron chi connectivity index (χ2n) is 6.62. The van der Waals surface area contributed by atoms with Crippen LogP contribution in [0.1, 0.15) is 10.4 Å². The molecule has 1 amide bonds. The van der Waals surface area contributed by atoms with Gasteiger partial charge in [0.15, 0.2) is 0 Å². The standard InChI is InChI=1S/C19H25N5O/c1-22(2)18-6-4-16(5-7-18)21-17-12-15(13-20-14-17)19(25)24-10-8-23(3)9-11-24/h4-7,12-14,21H,8-11H2,1-3H3. The molecule has 1 N–H and O–H groups in total. The summed E-state index contributed by atoms with van der Waals surface area (Å²) in [5, 5.41) is 3.32. The van der Waals surface area contributed by atoms with Gasteiger partial charge in [0.1, 0.15) is 0 Å². The summed E-state index contributed by atoms with van der Waals surface area (Å²) >= 11 is 0. The van der Waals surface area contributed by atoms with E-state index in [4.69, 9.17) is 0 Å². The fourth-order valence-electron chi connectivity index (χ4n) is 2.83. The molecule has 0 unspecified atom stereocenters. The van der Waals surface area contributed by atoms with Crippen LogP contribution in [0.2, 0.25) is 0 Å². The van der Waals surface area contributed by atoms with Gasteiger partial charge in [0, 0.05) is 57.8 Å². The van der Waals surface area contributed by atoms with Crippen molar-refractivity contribution in [1.29, 1.82) is 0 Å². The van der Waals surface area contributed by atoms with Crippen LogP contribution in [0.15, 0.2) is 42.7 Å². The molecule has 0 bridgehead atoms. The van der Waals surface area contributed by atoms with Crippen molar-refractivity contribution >= 4 is 23.0 Å². The minimum Gasteiger partial charge on any atom is -0.378 e. The van der Waals surface area contributed by atoms with Gasteiger partial charge < -0.3 is 20.0 Å². The fourth-order valence-corrected chi connectivity index (χ4v) is 2.83. The van der Waals surface area contributed by atoms with Crippen LogP contribution in [0, 0.1) is 0 Å². The average Bonchev–Trinajstić information content (AvgIpc) is 2.62. The molecule has 132 valence electrons. The zero-order valence-electron chi connectivity index (χ0n) is 15.1. The zero-order chi connectivity index (χ0) is 17.8. The van der Waals surface area contributed by atoms with Crippen LogP contribution in [0.3, 0.4) is 0 Å². The topological polar surface area (TPSA) is 51.7 Å². The normalized spacial score (nSPS) is 15.1. The van der Waals surface area contributed by atoms with Gasteiger partial charge in [0.05, 0.1) is 17.4 Å². The Balaban J connectivity index is 1.69. The first kappa shape index (κ1) is 17.2. The summed E-state index contributed by atoms with van der Waals surface area (Å²) in [5.41, 5.74) is 3.55. The maximum Gasteiger partial charge on any atom is 0.255 e. The maximum absolute atomic E-state index is 12.7. The monoisotopic (exact) mass is 339 g/mol. The smallest absolute Gasteiger partial charge is 0.255 e. The van der Waals surface area contributed by atoms with Crippen molar-refractivity contribution in [3.05, 3.63) is 48.3 Å². The highest BCUT2D eigenvalue weighted by molar-refractivity contribution is 5.95. The number of likely N-dealkylation sites (N-methyl/N-ethyl adjacent to an activating group) is 1. The maximum atomic E-state index is 12.7. The molecular weight excluding hydrogens is 314 g/mol. The van der Waals surface area contributed by atoms with Crippen LogP contribution < -0.4 is 10.2 Å². The van der Waals surface area contributed by atoms with Gasteiger partial charge in [-0.2, -0.15) is 0 Å². The lowest BCUT2D eigenvalue weighted by Gasteiger charge is -2.32. The number of benzene rings is 1. The highest BCUT2D eigenvalue weighted by Crippen LogP contribution is 2.20. The number of aromatic nitrogens is 1. The van der Waals surface area contributed by atoms with E-state index in [9.17, 15) is 4.79 Å². The van der Waals surface area contributed by atoms with E-state index in [1.165, 1.54) is 0 Å². The molecule has 1 saturated heterocycles. The second-order valence-corrected chi connectivity index (χ2v) is 6.62. The number of nitrogens with one attached hydrogen (secondary N) is 1. The van der Waals surface area contributed by atoms with Crippen molar-refractivity contribution in [3.63, 3.8) is 0 Å². The number of rotatable bonds is 4. The molecule has 0 saturated carbocycles. The summed E-state index contributed by atoms with van der Waals surface area (Å²) in [4.78, 5) is 23.1. The number of pyridine rings is 1. The molecule has 1 fully saturated rings. The number of carbonyl (C=O) groups is 1. The number of hydrogen-bond acceptors (Lipinski definition) is 5. The van der Waals surface area contributed by atoms with Crippen molar-refractivity contribution in [2.24, 2.45) is 0 Å².